The number of aliphatic imine (C=N–C) groups is 1. The van der Waals surface area contributed by atoms with Crippen LogP contribution >= 0.6 is 22.9 Å². The second-order valence-electron chi connectivity index (χ2n) is 15.0. The first-order chi connectivity index (χ1) is 29.0. The molecule has 0 radical (unpaired) electrons. The number of benzene rings is 4. The van der Waals surface area contributed by atoms with Crippen LogP contribution in [0.3, 0.4) is 0 Å². The first kappa shape index (κ1) is 40.5. The molecule has 0 saturated carbocycles. The molecule has 4 heterocycles. The van der Waals surface area contributed by atoms with Crippen molar-refractivity contribution in [2.45, 2.75) is 60.0 Å². The van der Waals surface area contributed by atoms with E-state index in [1.54, 1.807) is 23.5 Å². The van der Waals surface area contributed by atoms with Crippen molar-refractivity contribution in [3.05, 3.63) is 128 Å². The Morgan fingerprint density at radius 3 is 2.47 bits per heavy atom. The van der Waals surface area contributed by atoms with Crippen LogP contribution in [0.25, 0.3) is 15.8 Å². The number of azo groups is 1. The van der Waals surface area contributed by atoms with E-state index in [0.717, 1.165) is 55.1 Å². The smallest absolute Gasteiger partial charge is 0.257 e. The number of aromatic nitrogens is 3. The van der Waals surface area contributed by atoms with Crippen molar-refractivity contribution in [2.24, 2.45) is 21.1 Å². The minimum atomic E-state index is -0.586. The summed E-state index contributed by atoms with van der Waals surface area (Å²) in [7, 11) is 0. The predicted molar refractivity (Wildman–Crippen MR) is 234 cm³/mol. The van der Waals surface area contributed by atoms with E-state index in [9.17, 15) is 14.4 Å². The summed E-state index contributed by atoms with van der Waals surface area (Å²) < 4.78 is 8.13. The fourth-order valence-electron chi connectivity index (χ4n) is 7.65. The van der Waals surface area contributed by atoms with E-state index >= 15 is 0 Å². The number of fused-ring (bicyclic) bond motifs is 5. The number of nitrogens with one attached hydrogen (secondary N) is 3. The zero-order chi connectivity index (χ0) is 42.1. The summed E-state index contributed by atoms with van der Waals surface area (Å²) in [4.78, 5) is 45.1. The van der Waals surface area contributed by atoms with Crippen LogP contribution in [0.1, 0.15) is 80.5 Å². The third-order valence-electron chi connectivity index (χ3n) is 11.0. The van der Waals surface area contributed by atoms with Crippen LogP contribution in [0.15, 0.2) is 88.0 Å². The van der Waals surface area contributed by atoms with Gasteiger partial charge in [-0.15, -0.1) is 26.6 Å². The van der Waals surface area contributed by atoms with Crippen molar-refractivity contribution in [1.82, 2.24) is 30.7 Å². The normalized spacial score (nSPS) is 14.9. The maximum absolute atomic E-state index is 13.7. The predicted octanol–water partition coefficient (Wildman–Crippen LogP) is 8.65. The molecule has 0 bridgehead atoms. The standard InChI is InChI=1S/C45H44ClN9O4S/c1-24-21-36(53-52-35-14-10-13-33-34(35)22-49-44(33)58)31-11-6-7-12-32(31)41(24)59-23-37(56)47-19-8-9-20-48-43(57)26(3)39-42-54-51-28(5)55(42)45-38(25(2)27(4)60-45)40(50-39)29-15-17-30(46)18-16-29/h6-7,10-18,21,26,39H,8-9,19-20,22-23H2,1-5H3,(H,47,56)(H,48,57)(H,49,58)/t26?,39-/m0/s1. The van der Waals surface area contributed by atoms with Crippen molar-refractivity contribution in [3.63, 3.8) is 0 Å². The first-order valence-electron chi connectivity index (χ1n) is 19.9. The van der Waals surface area contributed by atoms with Crippen LogP contribution in [0, 0.1) is 33.6 Å². The highest BCUT2D eigenvalue weighted by molar-refractivity contribution is 7.15. The first-order valence-corrected chi connectivity index (χ1v) is 21.1. The van der Waals surface area contributed by atoms with E-state index in [1.807, 2.05) is 86.0 Å². The van der Waals surface area contributed by atoms with Crippen LogP contribution in [0.2, 0.25) is 5.02 Å². The summed E-state index contributed by atoms with van der Waals surface area (Å²) in [6.07, 6.45) is 1.32. The van der Waals surface area contributed by atoms with Crippen LogP contribution in [-0.2, 0) is 16.1 Å². The number of hydrogen-bond donors (Lipinski definition) is 3. The SMILES string of the molecule is Cc1cc(N=Nc2cccc3c2CNC3=O)c2ccccc2c1OCC(=O)NCCCCNC(=O)C(C)[C@@H]1N=C(c2ccc(Cl)cc2)c2c(sc(C)c2C)-n2c(C)nnc21. The molecule has 3 amide bonds. The number of nitrogens with zero attached hydrogens (tertiary/aromatic N) is 6. The van der Waals surface area contributed by atoms with Crippen LogP contribution in [0.5, 0.6) is 5.75 Å². The highest BCUT2D eigenvalue weighted by Gasteiger charge is 2.36. The monoisotopic (exact) mass is 841 g/mol. The molecule has 1 unspecified atom stereocenters. The fourth-order valence-corrected chi connectivity index (χ4v) is 8.99. The molecule has 13 nitrogen and oxygen atoms in total. The molecule has 306 valence electrons. The molecule has 8 rings (SSSR count). The zero-order valence-corrected chi connectivity index (χ0v) is 35.5. The van der Waals surface area contributed by atoms with Crippen LogP contribution < -0.4 is 20.7 Å². The van der Waals surface area contributed by atoms with Gasteiger partial charge in [0.2, 0.25) is 5.91 Å². The van der Waals surface area contributed by atoms with Crippen molar-refractivity contribution in [3.8, 4) is 10.8 Å². The number of amides is 3. The van der Waals surface area contributed by atoms with E-state index in [1.165, 1.54) is 4.88 Å². The topological polar surface area (TPSA) is 164 Å². The summed E-state index contributed by atoms with van der Waals surface area (Å²) in [6, 6.07) is 22.0. The van der Waals surface area contributed by atoms with Gasteiger partial charge in [-0.3, -0.25) is 23.9 Å². The number of thiophene rings is 1. The van der Waals surface area contributed by atoms with E-state index in [4.69, 9.17) is 21.3 Å². The van der Waals surface area contributed by atoms with Gasteiger partial charge < -0.3 is 20.7 Å². The molecule has 2 atom stereocenters. The maximum Gasteiger partial charge on any atom is 0.257 e. The Morgan fingerprint density at radius 2 is 1.68 bits per heavy atom. The molecule has 0 spiro atoms. The van der Waals surface area contributed by atoms with Crippen molar-refractivity contribution in [1.29, 1.82) is 0 Å². The summed E-state index contributed by atoms with van der Waals surface area (Å²) in [5, 5.41) is 30.1. The molecule has 6 aromatic rings. The number of aryl methyl sites for hydroxylation is 3. The molecule has 0 fully saturated rings. The Labute approximate surface area is 356 Å². The summed E-state index contributed by atoms with van der Waals surface area (Å²) in [5.41, 5.74) is 7.38. The minimum Gasteiger partial charge on any atom is -0.483 e. The van der Waals surface area contributed by atoms with Crippen LogP contribution in [-0.4, -0.2) is 57.9 Å². The van der Waals surface area contributed by atoms with E-state index in [2.05, 4.69) is 50.2 Å². The van der Waals surface area contributed by atoms with Gasteiger partial charge in [0.25, 0.3) is 11.8 Å². The van der Waals surface area contributed by atoms with Gasteiger partial charge in [-0.05, 0) is 82.0 Å². The lowest BCUT2D eigenvalue weighted by molar-refractivity contribution is -0.125. The Bertz CT molecular complexity index is 2720. The van der Waals surface area contributed by atoms with E-state index in [-0.39, 0.29) is 24.3 Å². The van der Waals surface area contributed by atoms with Gasteiger partial charge >= 0.3 is 0 Å². The van der Waals surface area contributed by atoms with Crippen molar-refractivity contribution < 1.29 is 19.1 Å². The number of ether oxygens (including phenoxy) is 1. The van der Waals surface area contributed by atoms with E-state index < -0.39 is 12.0 Å². The molecular weight excluding hydrogens is 798 g/mol. The van der Waals surface area contributed by atoms with Crippen molar-refractivity contribution in [2.75, 3.05) is 19.7 Å². The van der Waals surface area contributed by atoms with E-state index in [0.29, 0.717) is 66.0 Å². The molecule has 15 heteroatoms. The lowest BCUT2D eigenvalue weighted by Gasteiger charge is -2.20. The highest BCUT2D eigenvalue weighted by atomic mass is 35.5. The third-order valence-corrected chi connectivity index (χ3v) is 12.5. The number of rotatable bonds is 13. The lowest BCUT2D eigenvalue weighted by Crippen LogP contribution is -2.34. The van der Waals surface area contributed by atoms with Gasteiger partial charge in [-0.25, -0.2) is 0 Å². The maximum atomic E-state index is 13.7. The van der Waals surface area contributed by atoms with Gasteiger partial charge in [0.15, 0.2) is 12.4 Å². The lowest BCUT2D eigenvalue weighted by atomic mass is 9.98. The second-order valence-corrected chi connectivity index (χ2v) is 16.7. The quantitative estimate of drug-likeness (QED) is 0.0778. The van der Waals surface area contributed by atoms with Crippen molar-refractivity contribution >= 4 is 68.5 Å². The zero-order valence-electron chi connectivity index (χ0n) is 33.9. The fraction of sp³-hybridized carbons (Fsp3) is 0.289. The number of halogens is 1. The Balaban J connectivity index is 0.859. The summed E-state index contributed by atoms with van der Waals surface area (Å²) in [5.74, 6) is 0.901. The average molecular weight is 842 g/mol. The number of carbonyl (C=O) groups excluding carboxylic acids is 3. The summed E-state index contributed by atoms with van der Waals surface area (Å²) >= 11 is 7.93. The van der Waals surface area contributed by atoms with Gasteiger partial charge in [0, 0.05) is 62.6 Å². The Kier molecular flexibility index (Phi) is 11.6. The molecule has 0 saturated heterocycles. The number of carbonyl (C=O) groups is 3. The largest absolute Gasteiger partial charge is 0.483 e. The Hall–Kier alpha value is -6.25. The molecule has 2 aromatic heterocycles. The molecular formula is C45H44ClN9O4S. The number of hydrogen-bond acceptors (Lipinski definition) is 10. The minimum absolute atomic E-state index is 0.111. The molecule has 2 aliphatic rings. The molecule has 4 aromatic carbocycles. The second kappa shape index (κ2) is 17.2. The highest BCUT2D eigenvalue weighted by Crippen LogP contribution is 2.41. The molecule has 60 heavy (non-hydrogen) atoms. The van der Waals surface area contributed by atoms with Gasteiger partial charge in [-0.2, -0.15) is 5.11 Å². The van der Waals surface area contributed by atoms with Gasteiger partial charge in [-0.1, -0.05) is 61.0 Å². The molecule has 2 aliphatic heterocycles. The summed E-state index contributed by atoms with van der Waals surface area (Å²) in [6.45, 7) is 11.0. The van der Waals surface area contributed by atoms with Gasteiger partial charge in [0.1, 0.15) is 22.6 Å². The molecule has 0 aliphatic carbocycles. The number of unbranched alkanes of at least 4 members (excludes halogenated alkanes) is 1. The van der Waals surface area contributed by atoms with Gasteiger partial charge in [0.05, 0.1) is 23.0 Å². The third kappa shape index (κ3) is 7.92. The molecule has 3 N–H and O–H groups in total. The average Bonchev–Trinajstić information content (AvgIpc) is 3.88. The van der Waals surface area contributed by atoms with Crippen LogP contribution in [0.4, 0.5) is 11.4 Å². The Morgan fingerprint density at radius 1 is 0.950 bits per heavy atom.